The highest BCUT2D eigenvalue weighted by molar-refractivity contribution is 5.91. The number of nitrogens with one attached hydrogen (secondary N) is 1. The third kappa shape index (κ3) is 5.14. The molecule has 2 fully saturated rings. The van der Waals surface area contributed by atoms with Crippen molar-refractivity contribution in [3.8, 4) is 11.5 Å². The van der Waals surface area contributed by atoms with Crippen LogP contribution in [0, 0.1) is 11.8 Å². The zero-order valence-corrected chi connectivity index (χ0v) is 16.0. The van der Waals surface area contributed by atoms with Crippen LogP contribution in [0.25, 0.3) is 0 Å². The Bertz CT molecular complexity index is 637. The maximum atomic E-state index is 12.3. The van der Waals surface area contributed by atoms with E-state index in [4.69, 9.17) is 14.2 Å². The van der Waals surface area contributed by atoms with Crippen molar-refractivity contribution >= 4 is 11.6 Å². The first-order valence-electron chi connectivity index (χ1n) is 10.3. The summed E-state index contributed by atoms with van der Waals surface area (Å²) >= 11 is 0. The molecule has 6 heteroatoms. The van der Waals surface area contributed by atoms with Crippen LogP contribution in [0.1, 0.15) is 32.1 Å². The van der Waals surface area contributed by atoms with Gasteiger partial charge in [0.15, 0.2) is 11.5 Å². The van der Waals surface area contributed by atoms with Crippen LogP contribution in [0.4, 0.5) is 5.69 Å². The molecule has 0 radical (unpaired) electrons. The van der Waals surface area contributed by atoms with Crippen molar-refractivity contribution in [1.82, 2.24) is 4.90 Å². The van der Waals surface area contributed by atoms with Crippen molar-refractivity contribution in [1.29, 1.82) is 0 Å². The average molecular weight is 374 g/mol. The SMILES string of the molecule is O=C(CCC1CCN(CC2CCOC2)CC1)Nc1ccc2c(c1)OCCO2. The minimum atomic E-state index is 0.0808. The molecule has 0 spiro atoms. The average Bonchev–Trinajstić information content (AvgIpc) is 3.20. The van der Waals surface area contributed by atoms with Crippen molar-refractivity contribution in [2.24, 2.45) is 11.8 Å². The highest BCUT2D eigenvalue weighted by atomic mass is 16.6. The van der Waals surface area contributed by atoms with Crippen molar-refractivity contribution in [2.45, 2.75) is 32.1 Å². The summed E-state index contributed by atoms with van der Waals surface area (Å²) in [5.41, 5.74) is 0.776. The summed E-state index contributed by atoms with van der Waals surface area (Å²) in [6.45, 7) is 6.48. The molecule has 0 bridgehead atoms. The Labute approximate surface area is 161 Å². The van der Waals surface area contributed by atoms with Gasteiger partial charge in [-0.15, -0.1) is 0 Å². The first kappa shape index (κ1) is 18.6. The van der Waals surface area contributed by atoms with E-state index in [1.54, 1.807) is 0 Å². The molecule has 1 aromatic carbocycles. The molecule has 0 saturated carbocycles. The van der Waals surface area contributed by atoms with Crippen LogP contribution < -0.4 is 14.8 Å². The van der Waals surface area contributed by atoms with Crippen LogP contribution in [0.15, 0.2) is 18.2 Å². The van der Waals surface area contributed by atoms with Gasteiger partial charge in [-0.2, -0.15) is 0 Å². The number of benzene rings is 1. The molecule has 3 aliphatic rings. The number of rotatable bonds is 6. The van der Waals surface area contributed by atoms with Gasteiger partial charge in [0, 0.05) is 31.3 Å². The second-order valence-corrected chi connectivity index (χ2v) is 7.92. The number of likely N-dealkylation sites (tertiary alicyclic amines) is 1. The van der Waals surface area contributed by atoms with E-state index in [0.29, 0.717) is 31.3 Å². The van der Waals surface area contributed by atoms with E-state index in [0.717, 1.165) is 50.1 Å². The molecule has 6 nitrogen and oxygen atoms in total. The summed E-state index contributed by atoms with van der Waals surface area (Å²) in [5.74, 6) is 2.91. The first-order valence-corrected chi connectivity index (χ1v) is 10.3. The second-order valence-electron chi connectivity index (χ2n) is 7.92. The summed E-state index contributed by atoms with van der Waals surface area (Å²) < 4.78 is 16.6. The van der Waals surface area contributed by atoms with Crippen LogP contribution in [0.5, 0.6) is 11.5 Å². The van der Waals surface area contributed by atoms with Gasteiger partial charge in [0.25, 0.3) is 0 Å². The summed E-state index contributed by atoms with van der Waals surface area (Å²) in [6.07, 6.45) is 5.15. The molecule has 1 aromatic rings. The smallest absolute Gasteiger partial charge is 0.224 e. The van der Waals surface area contributed by atoms with E-state index in [1.165, 1.54) is 25.8 Å². The quantitative estimate of drug-likeness (QED) is 0.830. The van der Waals surface area contributed by atoms with Gasteiger partial charge in [-0.3, -0.25) is 4.79 Å². The maximum Gasteiger partial charge on any atom is 0.224 e. The minimum Gasteiger partial charge on any atom is -0.486 e. The fourth-order valence-electron chi connectivity index (χ4n) is 4.23. The van der Waals surface area contributed by atoms with Gasteiger partial charge in [0.05, 0.1) is 6.61 Å². The molecule has 3 heterocycles. The number of fused-ring (bicyclic) bond motifs is 1. The van der Waals surface area contributed by atoms with Crippen molar-refractivity contribution in [3.05, 3.63) is 18.2 Å². The first-order chi connectivity index (χ1) is 13.3. The lowest BCUT2D eigenvalue weighted by Crippen LogP contribution is -2.37. The molecule has 1 N–H and O–H groups in total. The van der Waals surface area contributed by atoms with Gasteiger partial charge in [-0.25, -0.2) is 0 Å². The lowest BCUT2D eigenvalue weighted by molar-refractivity contribution is -0.116. The standard InChI is InChI=1S/C21H30N2O4/c24-21(22-18-2-3-19-20(13-18)27-12-11-26-19)4-1-16-5-8-23(9-6-16)14-17-7-10-25-15-17/h2-3,13,16-17H,1,4-12,14-15H2,(H,22,24). The lowest BCUT2D eigenvalue weighted by Gasteiger charge is -2.33. The Kier molecular flexibility index (Phi) is 6.14. The fraction of sp³-hybridized carbons (Fsp3) is 0.667. The summed E-state index contributed by atoms with van der Waals surface area (Å²) in [6, 6.07) is 5.57. The number of ether oxygens (including phenoxy) is 3. The molecule has 27 heavy (non-hydrogen) atoms. The van der Waals surface area contributed by atoms with Crippen molar-refractivity contribution < 1.29 is 19.0 Å². The minimum absolute atomic E-state index is 0.0808. The monoisotopic (exact) mass is 374 g/mol. The highest BCUT2D eigenvalue weighted by Gasteiger charge is 2.24. The normalized spacial score (nSPS) is 23.3. The number of hydrogen-bond donors (Lipinski definition) is 1. The van der Waals surface area contributed by atoms with Gasteiger partial charge < -0.3 is 24.4 Å². The zero-order valence-electron chi connectivity index (χ0n) is 16.0. The summed E-state index contributed by atoms with van der Waals surface area (Å²) in [4.78, 5) is 14.9. The van der Waals surface area contributed by atoms with Gasteiger partial charge in [0.1, 0.15) is 13.2 Å². The molecule has 148 valence electrons. The maximum absolute atomic E-state index is 12.3. The number of nitrogens with zero attached hydrogens (tertiary/aromatic N) is 1. The third-order valence-corrected chi connectivity index (χ3v) is 5.85. The molecule has 1 unspecified atom stereocenters. The predicted molar refractivity (Wildman–Crippen MR) is 103 cm³/mol. The van der Waals surface area contributed by atoms with E-state index < -0.39 is 0 Å². The van der Waals surface area contributed by atoms with Gasteiger partial charge in [-0.1, -0.05) is 0 Å². The third-order valence-electron chi connectivity index (χ3n) is 5.85. The van der Waals surface area contributed by atoms with E-state index in [9.17, 15) is 4.79 Å². The molecule has 3 aliphatic heterocycles. The Morgan fingerprint density at radius 1 is 1.04 bits per heavy atom. The van der Waals surface area contributed by atoms with E-state index in [-0.39, 0.29) is 5.91 Å². The summed E-state index contributed by atoms with van der Waals surface area (Å²) in [7, 11) is 0. The Morgan fingerprint density at radius 3 is 2.63 bits per heavy atom. The van der Waals surface area contributed by atoms with E-state index in [2.05, 4.69) is 10.2 Å². The lowest BCUT2D eigenvalue weighted by atomic mass is 9.91. The summed E-state index contributed by atoms with van der Waals surface area (Å²) in [5, 5.41) is 2.99. The fourth-order valence-corrected chi connectivity index (χ4v) is 4.23. The highest BCUT2D eigenvalue weighted by Crippen LogP contribution is 2.32. The van der Waals surface area contributed by atoms with Crippen LogP contribution in [-0.2, 0) is 9.53 Å². The molecular weight excluding hydrogens is 344 g/mol. The number of carbonyl (C=O) groups excluding carboxylic acids is 1. The van der Waals surface area contributed by atoms with Crippen molar-refractivity contribution in [3.63, 3.8) is 0 Å². The zero-order chi connectivity index (χ0) is 18.5. The number of piperidine rings is 1. The topological polar surface area (TPSA) is 60.0 Å². The molecule has 0 aliphatic carbocycles. The van der Waals surface area contributed by atoms with E-state index >= 15 is 0 Å². The molecule has 0 aromatic heterocycles. The van der Waals surface area contributed by atoms with Crippen molar-refractivity contribution in [2.75, 3.05) is 51.4 Å². The van der Waals surface area contributed by atoms with Gasteiger partial charge >= 0.3 is 0 Å². The number of hydrogen-bond acceptors (Lipinski definition) is 5. The Balaban J connectivity index is 1.16. The van der Waals surface area contributed by atoms with Crippen LogP contribution in [0.3, 0.4) is 0 Å². The Morgan fingerprint density at radius 2 is 1.85 bits per heavy atom. The predicted octanol–water partition coefficient (Wildman–Crippen LogP) is 2.93. The molecule has 4 rings (SSSR count). The Hall–Kier alpha value is -1.79. The molecular formula is C21H30N2O4. The largest absolute Gasteiger partial charge is 0.486 e. The number of carbonyl (C=O) groups is 1. The van der Waals surface area contributed by atoms with E-state index in [1.807, 2.05) is 18.2 Å². The molecule has 1 amide bonds. The van der Waals surface area contributed by atoms with Gasteiger partial charge in [0.2, 0.25) is 5.91 Å². The number of amides is 1. The second kappa shape index (κ2) is 8.93. The number of anilines is 1. The van der Waals surface area contributed by atoms with Crippen LogP contribution >= 0.6 is 0 Å². The molecule has 1 atom stereocenters. The van der Waals surface area contributed by atoms with Gasteiger partial charge in [-0.05, 0) is 62.7 Å². The molecule has 2 saturated heterocycles. The van der Waals surface area contributed by atoms with Crippen LogP contribution in [-0.4, -0.2) is 56.9 Å². The van der Waals surface area contributed by atoms with Crippen LogP contribution in [0.2, 0.25) is 0 Å².